The van der Waals surface area contributed by atoms with Crippen molar-refractivity contribution in [2.75, 3.05) is 11.9 Å². The first-order valence-corrected chi connectivity index (χ1v) is 14.4. The van der Waals surface area contributed by atoms with Crippen LogP contribution >= 0.6 is 39.1 Å². The van der Waals surface area contributed by atoms with Crippen molar-refractivity contribution in [1.82, 2.24) is 9.62 Å². The Kier molecular flexibility index (Phi) is 8.60. The Bertz CT molecular complexity index is 1450. The summed E-state index contributed by atoms with van der Waals surface area (Å²) in [5, 5.41) is 5.51. The van der Waals surface area contributed by atoms with E-state index in [0.29, 0.717) is 5.69 Å². The standard InChI is InChI=1S/C26H24BrCl2N3O4S/c1-16-9-10-19(27)14-22(16)31-24(33)11-12-30-26(34)23-13-17-5-2-3-6-18(17)15-32(23)37(35,36)25-20(28)7-4-8-21(25)29/h2-10,14,23H,11-13,15H2,1H3,(H,30,34)(H,31,33). The molecule has 0 radical (unpaired) electrons. The van der Waals surface area contributed by atoms with E-state index >= 15 is 0 Å². The Labute approximate surface area is 234 Å². The van der Waals surface area contributed by atoms with Gasteiger partial charge in [-0.25, -0.2) is 8.42 Å². The Morgan fingerprint density at radius 2 is 1.70 bits per heavy atom. The van der Waals surface area contributed by atoms with Crippen LogP contribution in [0.3, 0.4) is 0 Å². The molecular formula is C26H24BrCl2N3O4S. The molecule has 0 aliphatic carbocycles. The van der Waals surface area contributed by atoms with Crippen molar-refractivity contribution < 1.29 is 18.0 Å². The summed E-state index contributed by atoms with van der Waals surface area (Å²) in [5.41, 5.74) is 3.24. The van der Waals surface area contributed by atoms with Gasteiger partial charge >= 0.3 is 0 Å². The predicted octanol–water partition coefficient (Wildman–Crippen LogP) is 5.32. The smallest absolute Gasteiger partial charge is 0.247 e. The molecule has 37 heavy (non-hydrogen) atoms. The number of halogens is 3. The number of benzene rings is 3. The van der Waals surface area contributed by atoms with Crippen LogP contribution in [-0.2, 0) is 32.6 Å². The largest absolute Gasteiger partial charge is 0.354 e. The van der Waals surface area contributed by atoms with E-state index in [-0.39, 0.29) is 46.8 Å². The van der Waals surface area contributed by atoms with Crippen LogP contribution in [-0.4, -0.2) is 37.1 Å². The molecule has 194 valence electrons. The lowest BCUT2D eigenvalue weighted by Gasteiger charge is -2.35. The van der Waals surface area contributed by atoms with Gasteiger partial charge in [-0.1, -0.05) is 75.5 Å². The van der Waals surface area contributed by atoms with Crippen molar-refractivity contribution in [1.29, 1.82) is 0 Å². The fraction of sp³-hybridized carbons (Fsp3) is 0.231. The molecule has 11 heteroatoms. The number of carbonyl (C=O) groups excluding carboxylic acids is 2. The van der Waals surface area contributed by atoms with Crippen molar-refractivity contribution in [2.24, 2.45) is 0 Å². The summed E-state index contributed by atoms with van der Waals surface area (Å²) in [4.78, 5) is 25.5. The zero-order valence-corrected chi connectivity index (χ0v) is 23.7. The third kappa shape index (κ3) is 6.18. The molecule has 2 N–H and O–H groups in total. The van der Waals surface area contributed by atoms with Crippen LogP contribution in [0.15, 0.2) is 70.0 Å². The van der Waals surface area contributed by atoms with Gasteiger partial charge < -0.3 is 10.6 Å². The molecule has 4 rings (SSSR count). The molecule has 7 nitrogen and oxygen atoms in total. The van der Waals surface area contributed by atoms with Crippen molar-refractivity contribution in [3.05, 3.63) is 91.9 Å². The summed E-state index contributed by atoms with van der Waals surface area (Å²) >= 11 is 15.8. The topological polar surface area (TPSA) is 95.6 Å². The van der Waals surface area contributed by atoms with Gasteiger partial charge in [0.2, 0.25) is 21.8 Å². The number of fused-ring (bicyclic) bond motifs is 1. The number of sulfonamides is 1. The summed E-state index contributed by atoms with van der Waals surface area (Å²) in [5.74, 6) is -0.782. The van der Waals surface area contributed by atoms with Gasteiger partial charge in [-0.15, -0.1) is 0 Å². The summed E-state index contributed by atoms with van der Waals surface area (Å²) in [7, 11) is -4.23. The fourth-order valence-corrected chi connectivity index (χ4v) is 7.20. The van der Waals surface area contributed by atoms with E-state index in [2.05, 4.69) is 26.6 Å². The highest BCUT2D eigenvalue weighted by Gasteiger charge is 2.41. The van der Waals surface area contributed by atoms with Gasteiger partial charge in [-0.05, 0) is 54.3 Å². The highest BCUT2D eigenvalue weighted by molar-refractivity contribution is 9.10. The number of hydrogen-bond donors (Lipinski definition) is 2. The minimum absolute atomic E-state index is 0.0131. The summed E-state index contributed by atoms with van der Waals surface area (Å²) in [6, 6.07) is 16.3. The first-order valence-electron chi connectivity index (χ1n) is 11.4. The predicted molar refractivity (Wildman–Crippen MR) is 148 cm³/mol. The number of hydrogen-bond acceptors (Lipinski definition) is 4. The first-order chi connectivity index (χ1) is 17.6. The lowest BCUT2D eigenvalue weighted by Crippen LogP contribution is -2.52. The maximum Gasteiger partial charge on any atom is 0.247 e. The molecule has 3 aromatic carbocycles. The Morgan fingerprint density at radius 1 is 1.03 bits per heavy atom. The van der Waals surface area contributed by atoms with E-state index in [1.807, 2.05) is 43.3 Å². The normalized spacial score (nSPS) is 15.6. The molecule has 1 atom stereocenters. The fourth-order valence-electron chi connectivity index (χ4n) is 4.18. The second-order valence-corrected chi connectivity index (χ2v) is 12.2. The molecule has 0 saturated carbocycles. The van der Waals surface area contributed by atoms with E-state index in [0.717, 1.165) is 25.5 Å². The molecule has 0 bridgehead atoms. The molecule has 1 heterocycles. The van der Waals surface area contributed by atoms with Gasteiger partial charge in [0.05, 0.1) is 10.0 Å². The average molecular weight is 625 g/mol. The monoisotopic (exact) mass is 623 g/mol. The lowest BCUT2D eigenvalue weighted by atomic mass is 9.95. The maximum atomic E-state index is 13.7. The number of amides is 2. The number of nitrogens with zero attached hydrogens (tertiary/aromatic N) is 1. The second-order valence-electron chi connectivity index (χ2n) is 8.64. The van der Waals surface area contributed by atoms with Crippen LogP contribution in [0.4, 0.5) is 5.69 Å². The van der Waals surface area contributed by atoms with Gasteiger partial charge in [0.15, 0.2) is 0 Å². The highest BCUT2D eigenvalue weighted by atomic mass is 79.9. The molecule has 3 aromatic rings. The minimum Gasteiger partial charge on any atom is -0.354 e. The molecule has 2 amide bonds. The summed E-state index contributed by atoms with van der Waals surface area (Å²) in [6.45, 7) is 1.91. The Balaban J connectivity index is 1.51. The van der Waals surface area contributed by atoms with Crippen molar-refractivity contribution in [3.8, 4) is 0 Å². The number of carbonyl (C=O) groups is 2. The molecular weight excluding hydrogens is 601 g/mol. The van der Waals surface area contributed by atoms with Crippen molar-refractivity contribution in [3.63, 3.8) is 0 Å². The van der Waals surface area contributed by atoms with Crippen LogP contribution in [0.5, 0.6) is 0 Å². The molecule has 0 fully saturated rings. The molecule has 1 unspecified atom stereocenters. The van der Waals surface area contributed by atoms with Gasteiger partial charge in [0, 0.05) is 29.7 Å². The van der Waals surface area contributed by atoms with E-state index in [9.17, 15) is 18.0 Å². The number of nitrogens with one attached hydrogen (secondary N) is 2. The quantitative estimate of drug-likeness (QED) is 0.372. The van der Waals surface area contributed by atoms with E-state index < -0.39 is 22.0 Å². The third-order valence-electron chi connectivity index (χ3n) is 6.12. The number of aryl methyl sites for hydroxylation is 1. The lowest BCUT2D eigenvalue weighted by molar-refractivity contribution is -0.125. The van der Waals surface area contributed by atoms with Gasteiger partial charge in [0.1, 0.15) is 10.9 Å². The first kappa shape index (κ1) is 27.6. The van der Waals surface area contributed by atoms with Crippen LogP contribution in [0.2, 0.25) is 10.0 Å². The van der Waals surface area contributed by atoms with Crippen LogP contribution < -0.4 is 10.6 Å². The van der Waals surface area contributed by atoms with Crippen molar-refractivity contribution in [2.45, 2.75) is 37.2 Å². The molecule has 0 aromatic heterocycles. The average Bonchev–Trinajstić information content (AvgIpc) is 2.85. The highest BCUT2D eigenvalue weighted by Crippen LogP contribution is 2.35. The van der Waals surface area contributed by atoms with Gasteiger partial charge in [-0.3, -0.25) is 9.59 Å². The Hall–Kier alpha value is -2.43. The Morgan fingerprint density at radius 3 is 2.41 bits per heavy atom. The van der Waals surface area contributed by atoms with Crippen LogP contribution in [0, 0.1) is 6.92 Å². The molecule has 0 saturated heterocycles. The van der Waals surface area contributed by atoms with E-state index in [1.165, 1.54) is 12.1 Å². The zero-order valence-electron chi connectivity index (χ0n) is 19.8. The summed E-state index contributed by atoms with van der Waals surface area (Å²) in [6.07, 6.45) is 0.191. The van der Waals surface area contributed by atoms with Gasteiger partial charge in [0.25, 0.3) is 0 Å². The zero-order chi connectivity index (χ0) is 26.7. The number of rotatable bonds is 7. The molecule has 1 aliphatic heterocycles. The van der Waals surface area contributed by atoms with Gasteiger partial charge in [-0.2, -0.15) is 4.31 Å². The second kappa shape index (κ2) is 11.5. The maximum absolute atomic E-state index is 13.7. The number of anilines is 1. The van der Waals surface area contributed by atoms with Crippen LogP contribution in [0.25, 0.3) is 0 Å². The summed E-state index contributed by atoms with van der Waals surface area (Å²) < 4.78 is 29.4. The molecule has 1 aliphatic rings. The van der Waals surface area contributed by atoms with E-state index in [1.54, 1.807) is 12.1 Å². The van der Waals surface area contributed by atoms with Crippen molar-refractivity contribution >= 4 is 66.7 Å². The van der Waals surface area contributed by atoms with Crippen LogP contribution in [0.1, 0.15) is 23.1 Å². The molecule has 0 spiro atoms. The third-order valence-corrected chi connectivity index (χ3v) is 9.42. The van der Waals surface area contributed by atoms with E-state index in [4.69, 9.17) is 23.2 Å². The SMILES string of the molecule is Cc1ccc(Br)cc1NC(=O)CCNC(=O)C1Cc2ccccc2CN1S(=O)(=O)c1c(Cl)cccc1Cl. The minimum atomic E-state index is -4.23.